The Hall–Kier alpha value is -6.86. The summed E-state index contributed by atoms with van der Waals surface area (Å²) >= 11 is 3.65. The van der Waals surface area contributed by atoms with Crippen LogP contribution in [0.4, 0.5) is 0 Å². The maximum atomic E-state index is 5.43. The summed E-state index contributed by atoms with van der Waals surface area (Å²) in [4.78, 5) is 10.8. The van der Waals surface area contributed by atoms with Crippen LogP contribution in [-0.2, 0) is 0 Å². The molecule has 8 aromatic carbocycles. The van der Waals surface area contributed by atoms with E-state index in [9.17, 15) is 0 Å². The van der Waals surface area contributed by atoms with E-state index in [1.807, 2.05) is 11.3 Å². The summed E-state index contributed by atoms with van der Waals surface area (Å²) < 4.78 is 9.62. The number of rotatable bonds is 3. The second-order valence-corrected chi connectivity index (χ2v) is 16.7. The highest BCUT2D eigenvalue weighted by molar-refractivity contribution is 7.27. The van der Waals surface area contributed by atoms with Crippen LogP contribution in [0.15, 0.2) is 170 Å². The van der Waals surface area contributed by atoms with Crippen LogP contribution in [0.1, 0.15) is 0 Å². The van der Waals surface area contributed by atoms with Gasteiger partial charge in [-0.25, -0.2) is 9.97 Å². The fourth-order valence-electron chi connectivity index (χ4n) is 9.01. The van der Waals surface area contributed by atoms with Gasteiger partial charge in [0.1, 0.15) is 0 Å². The van der Waals surface area contributed by atoms with Crippen LogP contribution in [0.5, 0.6) is 0 Å². The minimum atomic E-state index is 0.686. The molecular weight excluding hydrogens is 721 g/mol. The lowest BCUT2D eigenvalue weighted by molar-refractivity contribution is 1.02. The van der Waals surface area contributed by atoms with E-state index in [-0.39, 0.29) is 0 Å². The standard InChI is InChI=1S/C50H28N4S2/c1-2-13-30(14-3-1)45-49-46(37-18-8-11-21-43(37)55-49)52-50(51-45)54-41-20-10-7-17-34(41)38-27-39-36-25-24-35-33-16-6-9-19-40(33)53(47(35)48(36)56-44(39)28-42(38)54)32-23-22-29-12-4-5-15-31(29)26-32/h1-28H. The Morgan fingerprint density at radius 2 is 1.07 bits per heavy atom. The van der Waals surface area contributed by atoms with Gasteiger partial charge < -0.3 is 4.57 Å². The molecular formula is C50H28N4S2. The highest BCUT2D eigenvalue weighted by atomic mass is 32.1. The lowest BCUT2D eigenvalue weighted by Gasteiger charge is -2.10. The number of benzene rings is 8. The lowest BCUT2D eigenvalue weighted by atomic mass is 10.1. The van der Waals surface area contributed by atoms with Crippen molar-refractivity contribution in [2.45, 2.75) is 0 Å². The number of para-hydroxylation sites is 2. The largest absolute Gasteiger partial charge is 0.308 e. The molecule has 0 bridgehead atoms. The van der Waals surface area contributed by atoms with Crippen molar-refractivity contribution >= 4 is 118 Å². The molecule has 0 saturated carbocycles. The molecule has 0 saturated heterocycles. The molecule has 13 rings (SSSR count). The first kappa shape index (κ1) is 30.5. The monoisotopic (exact) mass is 748 g/mol. The van der Waals surface area contributed by atoms with E-state index < -0.39 is 0 Å². The maximum Gasteiger partial charge on any atom is 0.235 e. The molecule has 56 heavy (non-hydrogen) atoms. The molecule has 0 aliphatic carbocycles. The van der Waals surface area contributed by atoms with E-state index in [4.69, 9.17) is 9.97 Å². The molecule has 0 amide bonds. The predicted molar refractivity (Wildman–Crippen MR) is 239 cm³/mol. The van der Waals surface area contributed by atoms with Gasteiger partial charge in [0.15, 0.2) is 0 Å². The molecule has 0 N–H and O–H groups in total. The molecule has 0 spiro atoms. The third-order valence-electron chi connectivity index (χ3n) is 11.5. The van der Waals surface area contributed by atoms with E-state index in [2.05, 4.69) is 179 Å². The Kier molecular flexibility index (Phi) is 6.17. The fraction of sp³-hybridized carbons (Fsp3) is 0. The Bertz CT molecular complexity index is 3770. The summed E-state index contributed by atoms with van der Waals surface area (Å²) in [5, 5.41) is 11.1. The summed E-state index contributed by atoms with van der Waals surface area (Å²) in [5.41, 5.74) is 8.89. The quantitative estimate of drug-likeness (QED) is 0.180. The van der Waals surface area contributed by atoms with Gasteiger partial charge in [-0.2, -0.15) is 0 Å². The van der Waals surface area contributed by atoms with Crippen LogP contribution in [-0.4, -0.2) is 19.1 Å². The van der Waals surface area contributed by atoms with Crippen molar-refractivity contribution in [3.05, 3.63) is 170 Å². The zero-order valence-electron chi connectivity index (χ0n) is 29.8. The Morgan fingerprint density at radius 3 is 1.93 bits per heavy atom. The van der Waals surface area contributed by atoms with Crippen LogP contribution >= 0.6 is 22.7 Å². The minimum absolute atomic E-state index is 0.686. The predicted octanol–water partition coefficient (Wildman–Crippen LogP) is 14.2. The average Bonchev–Trinajstić information content (AvgIpc) is 4.00. The molecule has 260 valence electrons. The van der Waals surface area contributed by atoms with E-state index in [1.165, 1.54) is 73.9 Å². The van der Waals surface area contributed by atoms with E-state index in [1.54, 1.807) is 11.3 Å². The minimum Gasteiger partial charge on any atom is -0.308 e. The van der Waals surface area contributed by atoms with Crippen molar-refractivity contribution in [1.29, 1.82) is 0 Å². The van der Waals surface area contributed by atoms with Gasteiger partial charge in [0.05, 0.1) is 42.7 Å². The van der Waals surface area contributed by atoms with Gasteiger partial charge in [-0.1, -0.05) is 127 Å². The number of thiophene rings is 2. The summed E-state index contributed by atoms with van der Waals surface area (Å²) in [5.74, 6) is 0.686. The van der Waals surface area contributed by atoms with Gasteiger partial charge in [0, 0.05) is 58.4 Å². The molecule has 0 fully saturated rings. The summed E-state index contributed by atoms with van der Waals surface area (Å²) in [6.07, 6.45) is 0. The molecule has 4 nitrogen and oxygen atoms in total. The Labute approximate surface area is 327 Å². The van der Waals surface area contributed by atoms with Crippen LogP contribution in [0.2, 0.25) is 0 Å². The van der Waals surface area contributed by atoms with Crippen molar-refractivity contribution in [2.24, 2.45) is 0 Å². The number of hydrogen-bond acceptors (Lipinski definition) is 4. The zero-order valence-corrected chi connectivity index (χ0v) is 31.4. The summed E-state index contributed by atoms with van der Waals surface area (Å²) in [6.45, 7) is 0. The van der Waals surface area contributed by atoms with E-state index in [0.717, 1.165) is 37.9 Å². The molecule has 0 radical (unpaired) electrons. The Balaban J connectivity index is 1.13. The van der Waals surface area contributed by atoms with Crippen LogP contribution < -0.4 is 0 Å². The first-order valence-electron chi connectivity index (χ1n) is 18.8. The van der Waals surface area contributed by atoms with Gasteiger partial charge in [0.25, 0.3) is 0 Å². The number of nitrogens with zero attached hydrogens (tertiary/aromatic N) is 4. The summed E-state index contributed by atoms with van der Waals surface area (Å²) in [7, 11) is 0. The van der Waals surface area contributed by atoms with Gasteiger partial charge in [-0.3, -0.25) is 4.57 Å². The topological polar surface area (TPSA) is 35.6 Å². The van der Waals surface area contributed by atoms with E-state index >= 15 is 0 Å². The SMILES string of the molecule is c1ccc(-c2nc(-n3c4ccccc4c4cc5c(cc43)sc3c5ccc4c5ccccc5n(-c5ccc6ccccc6c5)c43)nc3c2sc2ccccc23)cc1. The van der Waals surface area contributed by atoms with Crippen LogP contribution in [0.3, 0.4) is 0 Å². The molecule has 5 aromatic heterocycles. The van der Waals surface area contributed by atoms with Crippen molar-refractivity contribution in [2.75, 3.05) is 0 Å². The van der Waals surface area contributed by atoms with Crippen molar-refractivity contribution in [3.8, 4) is 22.9 Å². The van der Waals surface area contributed by atoms with Crippen molar-refractivity contribution < 1.29 is 0 Å². The van der Waals surface area contributed by atoms with Gasteiger partial charge in [-0.15, -0.1) is 22.7 Å². The number of hydrogen-bond donors (Lipinski definition) is 0. The molecule has 5 heterocycles. The number of fused-ring (bicyclic) bond motifs is 14. The smallest absolute Gasteiger partial charge is 0.235 e. The average molecular weight is 749 g/mol. The Morgan fingerprint density at radius 1 is 0.393 bits per heavy atom. The second kappa shape index (κ2) is 11.3. The maximum absolute atomic E-state index is 5.43. The van der Waals surface area contributed by atoms with Gasteiger partial charge in [0.2, 0.25) is 5.95 Å². The van der Waals surface area contributed by atoms with Crippen molar-refractivity contribution in [1.82, 2.24) is 19.1 Å². The van der Waals surface area contributed by atoms with Crippen molar-refractivity contribution in [3.63, 3.8) is 0 Å². The first-order valence-corrected chi connectivity index (χ1v) is 20.5. The fourth-order valence-corrected chi connectivity index (χ4v) is 11.4. The molecule has 13 aromatic rings. The van der Waals surface area contributed by atoms with E-state index in [0.29, 0.717) is 5.95 Å². The number of aromatic nitrogens is 4. The van der Waals surface area contributed by atoms with Gasteiger partial charge >= 0.3 is 0 Å². The lowest BCUT2D eigenvalue weighted by Crippen LogP contribution is -2.02. The highest BCUT2D eigenvalue weighted by Gasteiger charge is 2.23. The molecule has 0 aliphatic rings. The third kappa shape index (κ3) is 4.17. The second-order valence-electron chi connectivity index (χ2n) is 14.6. The molecule has 0 unspecified atom stereocenters. The van der Waals surface area contributed by atoms with Gasteiger partial charge in [-0.05, 0) is 53.2 Å². The first-order chi connectivity index (χ1) is 27.8. The molecule has 0 aliphatic heterocycles. The molecule has 0 atom stereocenters. The summed E-state index contributed by atoms with van der Waals surface area (Å²) in [6, 6.07) is 61.6. The van der Waals surface area contributed by atoms with Crippen LogP contribution in [0, 0.1) is 0 Å². The molecule has 6 heteroatoms. The van der Waals surface area contributed by atoms with Crippen LogP contribution in [0.25, 0.3) is 118 Å². The third-order valence-corrected chi connectivity index (χ3v) is 13.9. The normalized spacial score (nSPS) is 12.3. The highest BCUT2D eigenvalue weighted by Crippen LogP contribution is 2.46. The zero-order chi connectivity index (χ0) is 36.5.